The zero-order chi connectivity index (χ0) is 11.2. The summed E-state index contributed by atoms with van der Waals surface area (Å²) in [5.41, 5.74) is 0. The van der Waals surface area contributed by atoms with Crippen LogP contribution in [-0.4, -0.2) is 32.9 Å². The summed E-state index contributed by atoms with van der Waals surface area (Å²) in [6.45, 7) is 6.84. The summed E-state index contributed by atoms with van der Waals surface area (Å²) in [5, 5.41) is -0.244. The van der Waals surface area contributed by atoms with Gasteiger partial charge in [0.15, 0.2) is 0 Å². The molecule has 0 bridgehead atoms. The Kier molecular flexibility index (Phi) is 5.26. The fraction of sp³-hybridized carbons (Fsp3) is 0.500. The van der Waals surface area contributed by atoms with Crippen LogP contribution in [0.5, 0.6) is 0 Å². The number of hydrogen-bond donors (Lipinski definition) is 1. The van der Waals surface area contributed by atoms with Crippen molar-refractivity contribution in [2.45, 2.75) is 19.9 Å². The maximum Gasteiger partial charge on any atom is 0.276 e. The Hall–Kier alpha value is -1.01. The van der Waals surface area contributed by atoms with Gasteiger partial charge in [-0.1, -0.05) is 12.7 Å². The molecule has 0 saturated carbocycles. The Morgan fingerprint density at radius 2 is 2.07 bits per heavy atom. The number of sulfonamides is 1. The molecule has 5 nitrogen and oxygen atoms in total. The van der Waals surface area contributed by atoms with Gasteiger partial charge in [-0.3, -0.25) is 4.99 Å². The molecule has 14 heavy (non-hydrogen) atoms. The summed E-state index contributed by atoms with van der Waals surface area (Å²) in [6, 6.07) is -0.185. The minimum atomic E-state index is -3.59. The molecule has 0 aliphatic heterocycles. The first-order valence-corrected chi connectivity index (χ1v) is 5.56. The van der Waals surface area contributed by atoms with Crippen LogP contribution in [0.1, 0.15) is 13.8 Å². The fourth-order valence-corrected chi connectivity index (χ4v) is 1.89. The number of rotatable bonds is 3. The molecule has 0 aromatic rings. The summed E-state index contributed by atoms with van der Waals surface area (Å²) in [4.78, 5) is 7.21. The van der Waals surface area contributed by atoms with Gasteiger partial charge in [0.05, 0.1) is 0 Å². The summed E-state index contributed by atoms with van der Waals surface area (Å²) >= 11 is 0. The van der Waals surface area contributed by atoms with Crippen LogP contribution in [0, 0.1) is 0 Å². The Bertz CT molecular complexity index is 342. The van der Waals surface area contributed by atoms with Gasteiger partial charge in [-0.05, 0) is 13.8 Å². The Morgan fingerprint density at radius 3 is 2.43 bits per heavy atom. The van der Waals surface area contributed by atoms with Crippen LogP contribution in [0.25, 0.3) is 0 Å². The van der Waals surface area contributed by atoms with Gasteiger partial charge in [-0.2, -0.15) is 0 Å². The third kappa shape index (κ3) is 4.29. The van der Waals surface area contributed by atoms with Crippen molar-refractivity contribution in [2.75, 3.05) is 7.05 Å². The molecule has 0 aromatic carbocycles. The zero-order valence-corrected chi connectivity index (χ0v) is 9.37. The van der Waals surface area contributed by atoms with Crippen molar-refractivity contribution in [3.8, 4) is 0 Å². The van der Waals surface area contributed by atoms with E-state index in [2.05, 4.69) is 21.3 Å². The molecule has 0 spiro atoms. The molecule has 6 heteroatoms. The first-order chi connectivity index (χ1) is 6.44. The van der Waals surface area contributed by atoms with Crippen LogP contribution in [0.15, 0.2) is 22.6 Å². The van der Waals surface area contributed by atoms with Gasteiger partial charge in [0.25, 0.3) is 15.2 Å². The lowest BCUT2D eigenvalue weighted by molar-refractivity contribution is 0.581. The van der Waals surface area contributed by atoms with Gasteiger partial charge in [0, 0.05) is 19.3 Å². The third-order valence-corrected chi connectivity index (χ3v) is 2.66. The maximum absolute atomic E-state index is 11.5. The van der Waals surface area contributed by atoms with Crippen LogP contribution in [-0.2, 0) is 10.0 Å². The van der Waals surface area contributed by atoms with Crippen molar-refractivity contribution in [1.82, 2.24) is 4.72 Å². The van der Waals surface area contributed by atoms with E-state index >= 15 is 0 Å². The number of allylic oxidation sites excluding steroid dienone is 1. The normalized spacial score (nSPS) is 13.9. The van der Waals surface area contributed by atoms with E-state index in [-0.39, 0.29) is 11.2 Å². The second-order valence-electron chi connectivity index (χ2n) is 2.80. The lowest BCUT2D eigenvalue weighted by Gasteiger charge is -2.07. The quantitative estimate of drug-likeness (QED) is 0.554. The van der Waals surface area contributed by atoms with Gasteiger partial charge in [0.2, 0.25) is 0 Å². The van der Waals surface area contributed by atoms with E-state index in [1.165, 1.54) is 19.3 Å². The second-order valence-corrected chi connectivity index (χ2v) is 4.40. The molecule has 0 fully saturated rings. The van der Waals surface area contributed by atoms with Gasteiger partial charge >= 0.3 is 0 Å². The Labute approximate surface area is 84.7 Å². The summed E-state index contributed by atoms with van der Waals surface area (Å²) in [7, 11) is -2.22. The van der Waals surface area contributed by atoms with Gasteiger partial charge in [-0.25, -0.2) is 18.1 Å². The number of aliphatic imine (C=N–C) groups is 2. The van der Waals surface area contributed by atoms with Gasteiger partial charge < -0.3 is 0 Å². The average molecular weight is 217 g/mol. The summed E-state index contributed by atoms with van der Waals surface area (Å²) in [6.07, 6.45) is 2.66. The van der Waals surface area contributed by atoms with Crippen LogP contribution >= 0.6 is 0 Å². The van der Waals surface area contributed by atoms with Crippen LogP contribution in [0.2, 0.25) is 0 Å². The molecule has 0 unspecified atom stereocenters. The molecule has 0 amide bonds. The minimum Gasteiger partial charge on any atom is -0.259 e. The molecular formula is C8H15N3O2S. The largest absolute Gasteiger partial charge is 0.276 e. The summed E-state index contributed by atoms with van der Waals surface area (Å²) < 4.78 is 25.3. The SMILES string of the molecule is C=C/C=N\C(=N/C)S(=O)(=O)NC(C)C. The van der Waals surface area contributed by atoms with E-state index in [9.17, 15) is 8.42 Å². The van der Waals surface area contributed by atoms with Crippen LogP contribution in [0.4, 0.5) is 0 Å². The Balaban J connectivity index is 4.87. The van der Waals surface area contributed by atoms with E-state index in [4.69, 9.17) is 0 Å². The number of nitrogens with zero attached hydrogens (tertiary/aromatic N) is 2. The van der Waals surface area contributed by atoms with E-state index in [1.54, 1.807) is 13.8 Å². The van der Waals surface area contributed by atoms with E-state index in [0.29, 0.717) is 0 Å². The molecule has 1 N–H and O–H groups in total. The number of hydrogen-bond acceptors (Lipinski definition) is 3. The standard InChI is InChI=1S/C8H15N3O2S/c1-5-6-10-8(9-4)14(12,13)11-7(2)3/h5-7,11H,1H2,2-4H3/b9-8+,10-6-. The van der Waals surface area contributed by atoms with Crippen molar-refractivity contribution >= 4 is 21.4 Å². The molecule has 0 aliphatic carbocycles. The van der Waals surface area contributed by atoms with E-state index < -0.39 is 10.0 Å². The second kappa shape index (κ2) is 5.66. The highest BCUT2D eigenvalue weighted by Crippen LogP contribution is 1.94. The van der Waals surface area contributed by atoms with Crippen molar-refractivity contribution in [1.29, 1.82) is 0 Å². The maximum atomic E-state index is 11.5. The molecule has 0 rings (SSSR count). The van der Waals surface area contributed by atoms with Crippen molar-refractivity contribution in [3.63, 3.8) is 0 Å². The van der Waals surface area contributed by atoms with E-state index in [0.717, 1.165) is 0 Å². The first-order valence-electron chi connectivity index (χ1n) is 4.08. The van der Waals surface area contributed by atoms with Crippen molar-refractivity contribution in [2.24, 2.45) is 9.98 Å². The van der Waals surface area contributed by atoms with Crippen LogP contribution in [0.3, 0.4) is 0 Å². The average Bonchev–Trinajstić information content (AvgIpc) is 2.02. The topological polar surface area (TPSA) is 70.9 Å². The molecule has 80 valence electrons. The molecular weight excluding hydrogens is 202 g/mol. The van der Waals surface area contributed by atoms with Gasteiger partial charge in [-0.15, -0.1) is 0 Å². The van der Waals surface area contributed by atoms with Gasteiger partial charge in [0.1, 0.15) is 0 Å². The minimum absolute atomic E-state index is 0.185. The van der Waals surface area contributed by atoms with Crippen molar-refractivity contribution in [3.05, 3.63) is 12.7 Å². The van der Waals surface area contributed by atoms with Crippen molar-refractivity contribution < 1.29 is 8.42 Å². The van der Waals surface area contributed by atoms with E-state index in [1.807, 2.05) is 0 Å². The highest BCUT2D eigenvalue weighted by atomic mass is 32.2. The molecule has 0 heterocycles. The molecule has 0 saturated heterocycles. The molecule has 0 aliphatic rings. The molecule has 0 radical (unpaired) electrons. The Morgan fingerprint density at radius 1 is 1.50 bits per heavy atom. The first kappa shape index (κ1) is 13.0. The zero-order valence-electron chi connectivity index (χ0n) is 8.56. The third-order valence-electron chi connectivity index (χ3n) is 1.11. The smallest absolute Gasteiger partial charge is 0.259 e. The predicted molar refractivity (Wildman–Crippen MR) is 59.2 cm³/mol. The lowest BCUT2D eigenvalue weighted by Crippen LogP contribution is -2.35. The number of amidine groups is 1. The van der Waals surface area contributed by atoms with Crippen LogP contribution < -0.4 is 4.72 Å². The highest BCUT2D eigenvalue weighted by molar-refractivity contribution is 8.04. The highest BCUT2D eigenvalue weighted by Gasteiger charge is 2.18. The molecule has 0 aromatic heterocycles. The fourth-order valence-electron chi connectivity index (χ4n) is 0.727. The summed E-state index contributed by atoms with van der Waals surface area (Å²) in [5.74, 6) is 0. The monoisotopic (exact) mass is 217 g/mol. The molecule has 0 atom stereocenters. The lowest BCUT2D eigenvalue weighted by atomic mass is 10.4. The number of nitrogens with one attached hydrogen (secondary N) is 1. The predicted octanol–water partition coefficient (Wildman–Crippen LogP) is 0.557.